The Hall–Kier alpha value is -2.53. The van der Waals surface area contributed by atoms with Crippen LogP contribution in [-0.2, 0) is 9.84 Å². The Morgan fingerprint density at radius 3 is 2.17 bits per heavy atom. The number of rotatable bonds is 6. The molecule has 0 saturated carbocycles. The van der Waals surface area contributed by atoms with Crippen LogP contribution in [0.4, 0.5) is 18.9 Å². The molecule has 0 heterocycles. The van der Waals surface area contributed by atoms with E-state index in [0.717, 1.165) is 11.0 Å². The molecular formula is C18H17F3N2O4S2. The van der Waals surface area contributed by atoms with Crippen molar-refractivity contribution in [1.82, 2.24) is 0 Å². The highest BCUT2D eigenvalue weighted by molar-refractivity contribution is 8.00. The Kier molecular flexibility index (Phi) is 6.63. The van der Waals surface area contributed by atoms with Gasteiger partial charge >= 0.3 is 5.51 Å². The van der Waals surface area contributed by atoms with E-state index in [2.05, 4.69) is 0 Å². The van der Waals surface area contributed by atoms with Crippen molar-refractivity contribution >= 4 is 39.1 Å². The Morgan fingerprint density at radius 2 is 1.69 bits per heavy atom. The number of hydrogen-bond acceptors (Lipinski definition) is 5. The van der Waals surface area contributed by atoms with Crippen LogP contribution in [0.2, 0.25) is 0 Å². The van der Waals surface area contributed by atoms with E-state index in [1.165, 1.54) is 50.4 Å². The summed E-state index contributed by atoms with van der Waals surface area (Å²) < 4.78 is 62.1. The zero-order chi connectivity index (χ0) is 22.0. The maximum absolute atomic E-state index is 12.9. The van der Waals surface area contributed by atoms with Crippen molar-refractivity contribution in [2.24, 2.45) is 5.73 Å². The number of primary amides is 1. The Balaban J connectivity index is 2.42. The van der Waals surface area contributed by atoms with Gasteiger partial charge in [-0.3, -0.25) is 9.59 Å². The van der Waals surface area contributed by atoms with Crippen LogP contribution in [0, 0.1) is 0 Å². The van der Waals surface area contributed by atoms with Gasteiger partial charge in [-0.1, -0.05) is 6.92 Å². The third-order valence-corrected chi connectivity index (χ3v) is 6.48. The number of nitrogens with two attached hydrogens (primary N) is 1. The van der Waals surface area contributed by atoms with Gasteiger partial charge in [-0.05, 0) is 54.2 Å². The average molecular weight is 446 g/mol. The summed E-state index contributed by atoms with van der Waals surface area (Å²) >= 11 is -0.288. The van der Waals surface area contributed by atoms with Gasteiger partial charge in [-0.2, -0.15) is 13.2 Å². The minimum absolute atomic E-state index is 0.0536. The van der Waals surface area contributed by atoms with Gasteiger partial charge in [0.1, 0.15) is 0 Å². The van der Waals surface area contributed by atoms with Gasteiger partial charge in [-0.15, -0.1) is 0 Å². The van der Waals surface area contributed by atoms with E-state index in [1.54, 1.807) is 0 Å². The summed E-state index contributed by atoms with van der Waals surface area (Å²) in [6.07, 6.45) is 0. The number of sulfone groups is 1. The molecular weight excluding hydrogens is 429 g/mol. The first kappa shape index (κ1) is 22.8. The molecule has 2 rings (SSSR count). The molecule has 0 fully saturated rings. The zero-order valence-corrected chi connectivity index (χ0v) is 17.0. The SMILES string of the molecule is CCS(=O)(=O)c1cc(C(N)=O)ccc1C(=O)N(C)c1ccc(SC(F)(F)F)cc1. The van der Waals surface area contributed by atoms with Crippen LogP contribution in [-0.4, -0.2) is 38.5 Å². The van der Waals surface area contributed by atoms with Crippen LogP contribution < -0.4 is 10.6 Å². The summed E-state index contributed by atoms with van der Waals surface area (Å²) in [5.41, 5.74) is 0.782. The minimum atomic E-state index is -4.44. The first-order chi connectivity index (χ1) is 13.4. The van der Waals surface area contributed by atoms with Gasteiger partial charge in [0.05, 0.1) is 16.2 Å². The highest BCUT2D eigenvalue weighted by atomic mass is 32.2. The van der Waals surface area contributed by atoms with E-state index in [0.29, 0.717) is 0 Å². The fraction of sp³-hybridized carbons (Fsp3) is 0.222. The van der Waals surface area contributed by atoms with Crippen molar-refractivity contribution in [3.63, 3.8) is 0 Å². The second-order valence-corrected chi connectivity index (χ2v) is 9.27. The third kappa shape index (κ3) is 5.51. The molecule has 0 saturated heterocycles. The molecule has 0 bridgehead atoms. The molecule has 0 aliphatic heterocycles. The molecule has 0 unspecified atom stereocenters. The quantitative estimate of drug-likeness (QED) is 0.686. The monoisotopic (exact) mass is 446 g/mol. The Bertz CT molecular complexity index is 1040. The Labute approximate surface area is 169 Å². The van der Waals surface area contributed by atoms with Gasteiger partial charge in [0.25, 0.3) is 5.91 Å². The number of nitrogens with zero attached hydrogens (tertiary/aromatic N) is 1. The number of carbonyl (C=O) groups excluding carboxylic acids is 2. The lowest BCUT2D eigenvalue weighted by Gasteiger charge is -2.20. The lowest BCUT2D eigenvalue weighted by atomic mass is 10.1. The normalized spacial score (nSPS) is 11.9. The van der Waals surface area contributed by atoms with Crippen LogP contribution in [0.5, 0.6) is 0 Å². The van der Waals surface area contributed by atoms with E-state index in [9.17, 15) is 31.2 Å². The predicted molar refractivity (Wildman–Crippen MR) is 104 cm³/mol. The molecule has 0 aliphatic carbocycles. The van der Waals surface area contributed by atoms with Crippen molar-refractivity contribution < 1.29 is 31.2 Å². The fourth-order valence-electron chi connectivity index (χ4n) is 2.43. The molecule has 0 spiro atoms. The molecule has 6 nitrogen and oxygen atoms in total. The summed E-state index contributed by atoms with van der Waals surface area (Å²) in [6.45, 7) is 1.39. The van der Waals surface area contributed by atoms with Gasteiger partial charge in [0, 0.05) is 23.2 Å². The first-order valence-electron chi connectivity index (χ1n) is 8.16. The zero-order valence-electron chi connectivity index (χ0n) is 15.4. The highest BCUT2D eigenvalue weighted by Gasteiger charge is 2.29. The van der Waals surface area contributed by atoms with Gasteiger partial charge in [-0.25, -0.2) is 8.42 Å². The topological polar surface area (TPSA) is 97.5 Å². The van der Waals surface area contributed by atoms with E-state index in [1.807, 2.05) is 0 Å². The number of anilines is 1. The summed E-state index contributed by atoms with van der Waals surface area (Å²) in [4.78, 5) is 25.0. The maximum atomic E-state index is 12.9. The third-order valence-electron chi connectivity index (χ3n) is 3.97. The van der Waals surface area contributed by atoms with Crippen molar-refractivity contribution in [3.8, 4) is 0 Å². The van der Waals surface area contributed by atoms with E-state index >= 15 is 0 Å². The highest BCUT2D eigenvalue weighted by Crippen LogP contribution is 2.37. The summed E-state index contributed by atoms with van der Waals surface area (Å²) in [7, 11) is -2.50. The second-order valence-electron chi connectivity index (χ2n) is 5.88. The number of halogens is 3. The van der Waals surface area contributed by atoms with E-state index < -0.39 is 27.2 Å². The smallest absolute Gasteiger partial charge is 0.366 e. The molecule has 156 valence electrons. The summed E-state index contributed by atoms with van der Waals surface area (Å²) in [5, 5.41) is 0. The number of hydrogen-bond donors (Lipinski definition) is 1. The molecule has 0 atom stereocenters. The second kappa shape index (κ2) is 8.46. The molecule has 0 aliphatic rings. The number of carbonyl (C=O) groups is 2. The standard InChI is InChI=1S/C18H17F3N2O4S2/c1-3-29(26,27)15-10-11(16(22)24)4-9-14(15)17(25)23(2)12-5-7-13(8-6-12)28-18(19,20)21/h4-10H,3H2,1-2H3,(H2,22,24). The number of benzene rings is 2. The van der Waals surface area contributed by atoms with Crippen molar-refractivity contribution in [2.45, 2.75) is 22.2 Å². The number of amides is 2. The van der Waals surface area contributed by atoms with Gasteiger partial charge in [0.2, 0.25) is 5.91 Å². The average Bonchev–Trinajstić information content (AvgIpc) is 2.65. The van der Waals surface area contributed by atoms with Crippen LogP contribution in [0.3, 0.4) is 0 Å². The largest absolute Gasteiger partial charge is 0.446 e. The molecule has 29 heavy (non-hydrogen) atoms. The first-order valence-corrected chi connectivity index (χ1v) is 10.6. The molecule has 2 N–H and O–H groups in total. The lowest BCUT2D eigenvalue weighted by Crippen LogP contribution is -2.28. The van der Waals surface area contributed by atoms with Crippen molar-refractivity contribution in [3.05, 3.63) is 53.6 Å². The van der Waals surface area contributed by atoms with Crippen LogP contribution >= 0.6 is 11.8 Å². The van der Waals surface area contributed by atoms with Gasteiger partial charge in [0.15, 0.2) is 9.84 Å². The Morgan fingerprint density at radius 1 is 1.10 bits per heavy atom. The molecule has 2 aromatic carbocycles. The molecule has 0 aromatic heterocycles. The predicted octanol–water partition coefficient (Wildman–Crippen LogP) is 3.47. The minimum Gasteiger partial charge on any atom is -0.366 e. The molecule has 2 amide bonds. The summed E-state index contributed by atoms with van der Waals surface area (Å²) in [6, 6.07) is 8.52. The van der Waals surface area contributed by atoms with Crippen LogP contribution in [0.15, 0.2) is 52.3 Å². The number of thioether (sulfide) groups is 1. The van der Waals surface area contributed by atoms with Crippen molar-refractivity contribution in [1.29, 1.82) is 0 Å². The molecule has 0 radical (unpaired) electrons. The van der Waals surface area contributed by atoms with E-state index in [4.69, 9.17) is 5.73 Å². The van der Waals surface area contributed by atoms with Crippen LogP contribution in [0.1, 0.15) is 27.6 Å². The number of alkyl halides is 3. The molecule has 11 heteroatoms. The summed E-state index contributed by atoms with van der Waals surface area (Å²) in [5.74, 6) is -1.85. The lowest BCUT2D eigenvalue weighted by molar-refractivity contribution is -0.0328. The van der Waals surface area contributed by atoms with Crippen LogP contribution in [0.25, 0.3) is 0 Å². The van der Waals surface area contributed by atoms with Crippen molar-refractivity contribution in [2.75, 3.05) is 17.7 Å². The van der Waals surface area contributed by atoms with Gasteiger partial charge < -0.3 is 10.6 Å². The molecule has 2 aromatic rings. The van der Waals surface area contributed by atoms with E-state index in [-0.39, 0.29) is 44.1 Å². The maximum Gasteiger partial charge on any atom is 0.446 e. The fourth-order valence-corrected chi connectivity index (χ4v) is 4.08.